The first-order valence-electron chi connectivity index (χ1n) is 11.8. The van der Waals surface area contributed by atoms with Crippen LogP contribution in [0.1, 0.15) is 28.9 Å². The number of rotatable bonds is 4. The number of anilines is 1. The number of aromatic amines is 1. The molecular formula is C27H25N5O4. The Morgan fingerprint density at radius 1 is 1.03 bits per heavy atom. The number of para-hydroxylation sites is 1. The highest BCUT2D eigenvalue weighted by Gasteiger charge is 2.29. The van der Waals surface area contributed by atoms with E-state index >= 15 is 0 Å². The highest BCUT2D eigenvalue weighted by Crippen LogP contribution is 2.21. The molecule has 182 valence electrons. The lowest BCUT2D eigenvalue weighted by Gasteiger charge is -2.32. The molecule has 5 rings (SSSR count). The van der Waals surface area contributed by atoms with Crippen molar-refractivity contribution < 1.29 is 9.59 Å². The normalized spacial score (nSPS) is 15.6. The number of piperidine rings is 1. The van der Waals surface area contributed by atoms with E-state index in [1.165, 1.54) is 6.07 Å². The van der Waals surface area contributed by atoms with Crippen molar-refractivity contribution in [2.45, 2.75) is 19.8 Å². The Balaban J connectivity index is 1.37. The summed E-state index contributed by atoms with van der Waals surface area (Å²) in [5.41, 5.74) is 0.861. The third-order valence-electron chi connectivity index (χ3n) is 6.38. The smallest absolute Gasteiger partial charge is 0.333 e. The molecule has 2 N–H and O–H groups in total. The van der Waals surface area contributed by atoms with Gasteiger partial charge in [0, 0.05) is 24.3 Å². The highest BCUT2D eigenvalue weighted by atomic mass is 16.2. The van der Waals surface area contributed by atoms with Crippen molar-refractivity contribution in [2.75, 3.05) is 18.4 Å². The van der Waals surface area contributed by atoms with E-state index in [9.17, 15) is 19.2 Å². The van der Waals surface area contributed by atoms with Gasteiger partial charge in [-0.1, -0.05) is 24.3 Å². The van der Waals surface area contributed by atoms with Gasteiger partial charge in [-0.05, 0) is 62.2 Å². The lowest BCUT2D eigenvalue weighted by atomic mass is 9.96. The molecule has 1 unspecified atom stereocenters. The van der Waals surface area contributed by atoms with E-state index in [1.807, 2.05) is 19.1 Å². The molecule has 2 amide bonds. The number of benzene rings is 2. The Morgan fingerprint density at radius 2 is 1.83 bits per heavy atom. The maximum atomic E-state index is 13.3. The number of likely N-dealkylation sites (tertiary alicyclic amines) is 1. The summed E-state index contributed by atoms with van der Waals surface area (Å²) < 4.78 is 1.07. The quantitative estimate of drug-likeness (QED) is 0.463. The lowest BCUT2D eigenvalue weighted by Crippen LogP contribution is -2.43. The van der Waals surface area contributed by atoms with Crippen LogP contribution in [0.15, 0.2) is 76.3 Å². The van der Waals surface area contributed by atoms with Gasteiger partial charge < -0.3 is 15.2 Å². The van der Waals surface area contributed by atoms with E-state index in [0.29, 0.717) is 47.4 Å². The van der Waals surface area contributed by atoms with E-state index in [4.69, 9.17) is 0 Å². The summed E-state index contributed by atoms with van der Waals surface area (Å²) in [4.78, 5) is 60.5. The first-order chi connectivity index (χ1) is 17.4. The molecule has 4 aromatic rings. The van der Waals surface area contributed by atoms with Crippen molar-refractivity contribution in [3.05, 3.63) is 98.8 Å². The van der Waals surface area contributed by atoms with Gasteiger partial charge >= 0.3 is 5.69 Å². The van der Waals surface area contributed by atoms with Gasteiger partial charge in [-0.25, -0.2) is 14.3 Å². The largest absolute Gasteiger partial charge is 0.338 e. The minimum absolute atomic E-state index is 0.171. The van der Waals surface area contributed by atoms with Crippen molar-refractivity contribution in [2.24, 2.45) is 5.92 Å². The predicted molar refractivity (Wildman–Crippen MR) is 136 cm³/mol. The second-order valence-corrected chi connectivity index (χ2v) is 8.91. The summed E-state index contributed by atoms with van der Waals surface area (Å²) in [5, 5.41) is 3.14. The monoisotopic (exact) mass is 483 g/mol. The first-order valence-corrected chi connectivity index (χ1v) is 11.8. The number of pyridine rings is 1. The standard InChI is InChI=1S/C27H25N5O4/c1-17-7-5-11-23(28-17)30-24(33)19-8-6-14-31(16-19)25(34)18-12-13-21-22(15-18)29-27(36)32(26(21)35)20-9-3-2-4-10-20/h2-5,7,9-13,15,19H,6,8,14,16H2,1H3,(H,29,36)(H,28,30,33). The molecule has 1 aliphatic rings. The summed E-state index contributed by atoms with van der Waals surface area (Å²) >= 11 is 0. The molecule has 1 fully saturated rings. The second-order valence-electron chi connectivity index (χ2n) is 8.91. The number of aryl methyl sites for hydroxylation is 1. The fourth-order valence-electron chi connectivity index (χ4n) is 4.56. The summed E-state index contributed by atoms with van der Waals surface area (Å²) in [5.74, 6) is -0.294. The molecule has 9 nitrogen and oxygen atoms in total. The number of carbonyl (C=O) groups excluding carboxylic acids is 2. The zero-order valence-electron chi connectivity index (χ0n) is 19.7. The molecule has 36 heavy (non-hydrogen) atoms. The number of H-pyrrole nitrogens is 1. The Hall–Kier alpha value is -4.53. The minimum atomic E-state index is -0.581. The molecule has 0 aliphatic carbocycles. The fourth-order valence-corrected chi connectivity index (χ4v) is 4.56. The summed E-state index contributed by atoms with van der Waals surface area (Å²) in [6.07, 6.45) is 1.36. The third kappa shape index (κ3) is 4.55. The van der Waals surface area contributed by atoms with Crippen molar-refractivity contribution in [3.63, 3.8) is 0 Å². The zero-order chi connectivity index (χ0) is 25.2. The number of nitrogens with one attached hydrogen (secondary N) is 2. The molecule has 1 aliphatic heterocycles. The van der Waals surface area contributed by atoms with Crippen LogP contribution >= 0.6 is 0 Å². The Morgan fingerprint density at radius 3 is 2.61 bits per heavy atom. The van der Waals surface area contributed by atoms with E-state index in [-0.39, 0.29) is 24.3 Å². The van der Waals surface area contributed by atoms with Crippen LogP contribution in [0.25, 0.3) is 16.6 Å². The van der Waals surface area contributed by atoms with E-state index in [1.54, 1.807) is 53.4 Å². The SMILES string of the molecule is Cc1cccc(NC(=O)C2CCCN(C(=O)c3ccc4c(=O)n(-c5ccccc5)c(=O)[nH]c4c3)C2)n1. The van der Waals surface area contributed by atoms with Crippen LogP contribution in [0.2, 0.25) is 0 Å². The average Bonchev–Trinajstić information content (AvgIpc) is 2.88. The third-order valence-corrected chi connectivity index (χ3v) is 6.38. The van der Waals surface area contributed by atoms with Gasteiger partial charge in [-0.3, -0.25) is 14.4 Å². The van der Waals surface area contributed by atoms with Crippen molar-refractivity contribution in [1.29, 1.82) is 0 Å². The van der Waals surface area contributed by atoms with Crippen LogP contribution in [0.4, 0.5) is 5.82 Å². The summed E-state index contributed by atoms with van der Waals surface area (Å²) in [6.45, 7) is 2.65. The number of hydrogen-bond donors (Lipinski definition) is 2. The average molecular weight is 484 g/mol. The van der Waals surface area contributed by atoms with Gasteiger partial charge in [0.2, 0.25) is 5.91 Å². The van der Waals surface area contributed by atoms with Crippen LogP contribution in [0.3, 0.4) is 0 Å². The Labute approximate surface area is 206 Å². The van der Waals surface area contributed by atoms with Crippen molar-refractivity contribution >= 4 is 28.5 Å². The number of fused-ring (bicyclic) bond motifs is 1. The van der Waals surface area contributed by atoms with Crippen molar-refractivity contribution in [1.82, 2.24) is 19.4 Å². The number of amides is 2. The highest BCUT2D eigenvalue weighted by molar-refractivity contribution is 5.98. The zero-order valence-corrected chi connectivity index (χ0v) is 19.7. The number of nitrogens with zero attached hydrogens (tertiary/aromatic N) is 3. The van der Waals surface area contributed by atoms with Crippen LogP contribution < -0.4 is 16.6 Å². The van der Waals surface area contributed by atoms with E-state index in [2.05, 4.69) is 15.3 Å². The molecule has 1 atom stereocenters. The fraction of sp³-hybridized carbons (Fsp3) is 0.222. The summed E-state index contributed by atoms with van der Waals surface area (Å²) in [6, 6.07) is 18.7. The molecule has 9 heteroatoms. The molecule has 0 radical (unpaired) electrons. The molecule has 0 saturated carbocycles. The molecular weight excluding hydrogens is 458 g/mol. The maximum Gasteiger partial charge on any atom is 0.333 e. The maximum absolute atomic E-state index is 13.3. The van der Waals surface area contributed by atoms with Crippen molar-refractivity contribution in [3.8, 4) is 5.69 Å². The molecule has 1 saturated heterocycles. The molecule has 3 heterocycles. The van der Waals surface area contributed by atoms with Crippen LogP contribution in [0, 0.1) is 12.8 Å². The predicted octanol–water partition coefficient (Wildman–Crippen LogP) is 2.87. The van der Waals surface area contributed by atoms with Gasteiger partial charge in [-0.15, -0.1) is 0 Å². The number of carbonyl (C=O) groups is 2. The lowest BCUT2D eigenvalue weighted by molar-refractivity contribution is -0.121. The van der Waals surface area contributed by atoms with Gasteiger partial charge in [0.15, 0.2) is 0 Å². The van der Waals surface area contributed by atoms with Crippen LogP contribution in [-0.4, -0.2) is 44.3 Å². The van der Waals surface area contributed by atoms with Crippen LogP contribution in [0.5, 0.6) is 0 Å². The van der Waals surface area contributed by atoms with Gasteiger partial charge in [-0.2, -0.15) is 0 Å². The summed E-state index contributed by atoms with van der Waals surface area (Å²) in [7, 11) is 0. The second kappa shape index (κ2) is 9.61. The minimum Gasteiger partial charge on any atom is -0.338 e. The molecule has 0 bridgehead atoms. The number of hydrogen-bond acceptors (Lipinski definition) is 5. The molecule has 0 spiro atoms. The Kier molecular flexibility index (Phi) is 6.20. The number of aromatic nitrogens is 3. The van der Waals surface area contributed by atoms with E-state index in [0.717, 1.165) is 10.3 Å². The molecule has 2 aromatic carbocycles. The topological polar surface area (TPSA) is 117 Å². The first kappa shape index (κ1) is 23.2. The Bertz CT molecular complexity index is 1570. The van der Waals surface area contributed by atoms with Crippen LogP contribution in [-0.2, 0) is 4.79 Å². The van der Waals surface area contributed by atoms with Gasteiger partial charge in [0.25, 0.3) is 11.5 Å². The van der Waals surface area contributed by atoms with Gasteiger partial charge in [0.1, 0.15) is 5.82 Å². The van der Waals surface area contributed by atoms with Gasteiger partial charge in [0.05, 0.1) is 22.5 Å². The molecule has 2 aromatic heterocycles. The van der Waals surface area contributed by atoms with E-state index < -0.39 is 11.2 Å².